The van der Waals surface area contributed by atoms with Crippen LogP contribution in [0, 0.1) is 6.92 Å². The van der Waals surface area contributed by atoms with Crippen molar-refractivity contribution >= 4 is 27.8 Å². The fourth-order valence-corrected chi connectivity index (χ4v) is 1.31. The predicted molar refractivity (Wildman–Crippen MR) is 68.6 cm³/mol. The SMILES string of the molecule is Cc1cc(NC(=O)NC(C)(C)C)ncc1Br. The number of carbonyl (C=O) groups excluding carboxylic acids is 1. The lowest BCUT2D eigenvalue weighted by Crippen LogP contribution is -2.43. The first-order chi connectivity index (χ1) is 7.28. The molecule has 1 aromatic rings. The fourth-order valence-electron chi connectivity index (χ4n) is 1.10. The molecule has 0 aliphatic heterocycles. The third-order valence-electron chi connectivity index (χ3n) is 1.78. The van der Waals surface area contributed by atoms with Crippen molar-refractivity contribution in [3.8, 4) is 0 Å². The molecule has 2 amide bonds. The summed E-state index contributed by atoms with van der Waals surface area (Å²) in [5.74, 6) is 0.544. The van der Waals surface area contributed by atoms with Gasteiger partial charge in [-0.2, -0.15) is 0 Å². The molecule has 2 N–H and O–H groups in total. The number of nitrogens with one attached hydrogen (secondary N) is 2. The summed E-state index contributed by atoms with van der Waals surface area (Å²) < 4.78 is 0.925. The van der Waals surface area contributed by atoms with Gasteiger partial charge in [0.25, 0.3) is 0 Å². The molecule has 0 fully saturated rings. The third-order valence-corrected chi connectivity index (χ3v) is 2.61. The van der Waals surface area contributed by atoms with Crippen molar-refractivity contribution in [2.24, 2.45) is 0 Å². The highest BCUT2D eigenvalue weighted by molar-refractivity contribution is 9.10. The van der Waals surface area contributed by atoms with Gasteiger partial charge in [0.15, 0.2) is 0 Å². The number of carbonyl (C=O) groups is 1. The number of aromatic nitrogens is 1. The molecule has 0 bridgehead atoms. The summed E-state index contributed by atoms with van der Waals surface area (Å²) in [5.41, 5.74) is 0.773. The van der Waals surface area contributed by atoms with E-state index in [0.29, 0.717) is 5.82 Å². The Kier molecular flexibility index (Phi) is 3.91. The van der Waals surface area contributed by atoms with Crippen LogP contribution in [0.2, 0.25) is 0 Å². The van der Waals surface area contributed by atoms with Gasteiger partial charge in [0.05, 0.1) is 0 Å². The Morgan fingerprint density at radius 2 is 2.06 bits per heavy atom. The van der Waals surface area contributed by atoms with Crippen molar-refractivity contribution in [2.45, 2.75) is 33.2 Å². The average Bonchev–Trinajstić information content (AvgIpc) is 2.08. The number of anilines is 1. The lowest BCUT2D eigenvalue weighted by atomic mass is 10.1. The maximum absolute atomic E-state index is 11.6. The monoisotopic (exact) mass is 285 g/mol. The van der Waals surface area contributed by atoms with Gasteiger partial charge in [-0.1, -0.05) is 0 Å². The third kappa shape index (κ3) is 4.18. The number of halogens is 1. The molecular weight excluding hydrogens is 270 g/mol. The van der Waals surface area contributed by atoms with E-state index in [9.17, 15) is 4.79 Å². The first-order valence-corrected chi connectivity index (χ1v) is 5.78. The van der Waals surface area contributed by atoms with E-state index in [4.69, 9.17) is 0 Å². The second kappa shape index (κ2) is 4.82. The molecule has 0 aliphatic rings. The highest BCUT2D eigenvalue weighted by atomic mass is 79.9. The topological polar surface area (TPSA) is 54.0 Å². The van der Waals surface area contributed by atoms with Crippen LogP contribution in [0.4, 0.5) is 10.6 Å². The Bertz CT molecular complexity index is 399. The zero-order valence-corrected chi connectivity index (χ0v) is 11.5. The molecule has 88 valence electrons. The van der Waals surface area contributed by atoms with Gasteiger partial charge in [0.2, 0.25) is 0 Å². The first kappa shape index (κ1) is 13.0. The minimum atomic E-state index is -0.255. The highest BCUT2D eigenvalue weighted by Gasteiger charge is 2.13. The van der Waals surface area contributed by atoms with E-state index in [-0.39, 0.29) is 11.6 Å². The van der Waals surface area contributed by atoms with Crippen LogP contribution in [-0.4, -0.2) is 16.6 Å². The Morgan fingerprint density at radius 3 is 2.56 bits per heavy atom. The van der Waals surface area contributed by atoms with Crippen molar-refractivity contribution in [1.29, 1.82) is 0 Å². The second-order valence-electron chi connectivity index (χ2n) is 4.65. The van der Waals surface area contributed by atoms with Crippen molar-refractivity contribution < 1.29 is 4.79 Å². The highest BCUT2D eigenvalue weighted by Crippen LogP contribution is 2.17. The maximum atomic E-state index is 11.6. The van der Waals surface area contributed by atoms with Gasteiger partial charge in [-0.05, 0) is 55.3 Å². The van der Waals surface area contributed by atoms with Gasteiger partial charge >= 0.3 is 6.03 Å². The van der Waals surface area contributed by atoms with Crippen molar-refractivity contribution in [2.75, 3.05) is 5.32 Å². The summed E-state index contributed by atoms with van der Waals surface area (Å²) in [6, 6.07) is 1.56. The number of aryl methyl sites for hydroxylation is 1. The summed E-state index contributed by atoms with van der Waals surface area (Å²) in [7, 11) is 0. The predicted octanol–water partition coefficient (Wildman–Crippen LogP) is 3.07. The molecule has 0 atom stereocenters. The van der Waals surface area contributed by atoms with Crippen LogP contribution < -0.4 is 10.6 Å². The van der Waals surface area contributed by atoms with Gasteiger partial charge in [0, 0.05) is 16.2 Å². The molecule has 0 aliphatic carbocycles. The molecule has 5 heteroatoms. The van der Waals surface area contributed by atoms with E-state index < -0.39 is 0 Å². The van der Waals surface area contributed by atoms with Crippen LogP contribution in [0.15, 0.2) is 16.7 Å². The van der Waals surface area contributed by atoms with E-state index in [1.54, 1.807) is 6.20 Å². The largest absolute Gasteiger partial charge is 0.333 e. The first-order valence-electron chi connectivity index (χ1n) is 4.99. The van der Waals surface area contributed by atoms with Crippen LogP contribution in [0.25, 0.3) is 0 Å². The fraction of sp³-hybridized carbons (Fsp3) is 0.455. The minimum Gasteiger partial charge on any atom is -0.333 e. The zero-order chi connectivity index (χ0) is 12.3. The van der Waals surface area contributed by atoms with Crippen LogP contribution in [0.1, 0.15) is 26.3 Å². The lowest BCUT2D eigenvalue weighted by molar-refractivity contribution is 0.243. The van der Waals surface area contributed by atoms with E-state index in [2.05, 4.69) is 31.5 Å². The standard InChI is InChI=1S/C11H16BrN3O/c1-7-5-9(13-6-8(7)12)14-10(16)15-11(2,3)4/h5-6H,1-4H3,(H2,13,14,15,16). The number of urea groups is 1. The van der Waals surface area contributed by atoms with Gasteiger partial charge in [-0.3, -0.25) is 5.32 Å². The Morgan fingerprint density at radius 1 is 1.44 bits per heavy atom. The van der Waals surface area contributed by atoms with Crippen LogP contribution in [0.5, 0.6) is 0 Å². The summed E-state index contributed by atoms with van der Waals surface area (Å²) in [6.45, 7) is 7.71. The molecule has 1 heterocycles. The van der Waals surface area contributed by atoms with Crippen molar-refractivity contribution in [3.63, 3.8) is 0 Å². The van der Waals surface area contributed by atoms with Crippen LogP contribution >= 0.6 is 15.9 Å². The molecule has 0 aromatic carbocycles. The molecule has 4 nitrogen and oxygen atoms in total. The van der Waals surface area contributed by atoms with Gasteiger partial charge in [0.1, 0.15) is 5.82 Å². The molecule has 1 rings (SSSR count). The second-order valence-corrected chi connectivity index (χ2v) is 5.50. The Labute approximate surface area is 104 Å². The molecule has 0 saturated carbocycles. The van der Waals surface area contributed by atoms with Crippen molar-refractivity contribution in [1.82, 2.24) is 10.3 Å². The summed E-state index contributed by atoms with van der Waals surface area (Å²) in [5, 5.41) is 5.48. The molecule has 0 spiro atoms. The number of pyridine rings is 1. The van der Waals surface area contributed by atoms with E-state index in [1.165, 1.54) is 0 Å². The number of amides is 2. The summed E-state index contributed by atoms with van der Waals surface area (Å²) in [6.07, 6.45) is 1.67. The van der Waals surface area contributed by atoms with Gasteiger partial charge < -0.3 is 5.32 Å². The zero-order valence-electron chi connectivity index (χ0n) is 9.89. The molecule has 0 unspecified atom stereocenters. The minimum absolute atomic E-state index is 0.248. The molecule has 16 heavy (non-hydrogen) atoms. The van der Waals surface area contributed by atoms with Gasteiger partial charge in [-0.15, -0.1) is 0 Å². The summed E-state index contributed by atoms with van der Waals surface area (Å²) in [4.78, 5) is 15.6. The average molecular weight is 286 g/mol. The number of hydrogen-bond donors (Lipinski definition) is 2. The normalized spacial score (nSPS) is 11.1. The van der Waals surface area contributed by atoms with Crippen molar-refractivity contribution in [3.05, 3.63) is 22.3 Å². The number of nitrogens with zero attached hydrogens (tertiary/aromatic N) is 1. The van der Waals surface area contributed by atoms with Crippen LogP contribution in [0.3, 0.4) is 0 Å². The smallest absolute Gasteiger partial charge is 0.320 e. The van der Waals surface area contributed by atoms with E-state index in [1.807, 2.05) is 33.8 Å². The lowest BCUT2D eigenvalue weighted by Gasteiger charge is -2.20. The Balaban J connectivity index is 2.67. The number of rotatable bonds is 1. The summed E-state index contributed by atoms with van der Waals surface area (Å²) >= 11 is 3.35. The molecule has 1 aromatic heterocycles. The number of hydrogen-bond acceptors (Lipinski definition) is 2. The van der Waals surface area contributed by atoms with E-state index >= 15 is 0 Å². The molecule has 0 radical (unpaired) electrons. The van der Waals surface area contributed by atoms with Crippen LogP contribution in [-0.2, 0) is 0 Å². The molecule has 0 saturated heterocycles. The van der Waals surface area contributed by atoms with E-state index in [0.717, 1.165) is 10.0 Å². The molecular formula is C11H16BrN3O. The maximum Gasteiger partial charge on any atom is 0.320 e. The van der Waals surface area contributed by atoms with Gasteiger partial charge in [-0.25, -0.2) is 9.78 Å². The quantitative estimate of drug-likeness (QED) is 0.833. The Hall–Kier alpha value is -1.10.